The lowest BCUT2D eigenvalue weighted by Gasteiger charge is -2.13. The Hall–Kier alpha value is -1.26. The van der Waals surface area contributed by atoms with Crippen LogP contribution in [-0.4, -0.2) is 25.3 Å². The van der Waals surface area contributed by atoms with E-state index in [1.54, 1.807) is 6.07 Å². The van der Waals surface area contributed by atoms with Gasteiger partial charge in [-0.15, -0.1) is 0 Å². The van der Waals surface area contributed by atoms with Gasteiger partial charge in [0.25, 0.3) is 0 Å². The van der Waals surface area contributed by atoms with Crippen molar-refractivity contribution in [1.29, 1.82) is 0 Å². The van der Waals surface area contributed by atoms with E-state index in [1.807, 2.05) is 19.1 Å². The van der Waals surface area contributed by atoms with Crippen LogP contribution in [0.25, 0.3) is 0 Å². The summed E-state index contributed by atoms with van der Waals surface area (Å²) in [5, 5.41) is 6.12. The number of hydrogen-bond acceptors (Lipinski definition) is 2. The maximum atomic E-state index is 11.7. The molecule has 1 heterocycles. The van der Waals surface area contributed by atoms with Crippen LogP contribution >= 0.6 is 11.6 Å². The molecular weight excluding hydrogens is 240 g/mol. The molecule has 1 aliphatic rings. The summed E-state index contributed by atoms with van der Waals surface area (Å²) in [5.41, 5.74) is 1.68. The van der Waals surface area contributed by atoms with Crippen molar-refractivity contribution in [2.45, 2.75) is 19.4 Å². The van der Waals surface area contributed by atoms with E-state index in [2.05, 4.69) is 10.6 Å². The molecule has 0 aromatic heterocycles. The second-order valence-electron chi connectivity index (χ2n) is 4.14. The lowest BCUT2D eigenvalue weighted by molar-refractivity contribution is 0.189. The highest BCUT2D eigenvalue weighted by molar-refractivity contribution is 6.33. The van der Waals surface area contributed by atoms with E-state index in [9.17, 15) is 4.79 Å². The minimum absolute atomic E-state index is 0.0959. The Morgan fingerprint density at radius 3 is 3.06 bits per heavy atom. The van der Waals surface area contributed by atoms with Crippen LogP contribution < -0.4 is 10.6 Å². The third-order valence-corrected chi connectivity index (χ3v) is 2.96. The van der Waals surface area contributed by atoms with Gasteiger partial charge in [0, 0.05) is 6.61 Å². The molecule has 4 nitrogen and oxygen atoms in total. The van der Waals surface area contributed by atoms with E-state index in [0.717, 1.165) is 12.0 Å². The molecule has 0 aliphatic carbocycles. The molecule has 1 atom stereocenters. The zero-order valence-corrected chi connectivity index (χ0v) is 10.4. The van der Waals surface area contributed by atoms with Gasteiger partial charge < -0.3 is 15.4 Å². The van der Waals surface area contributed by atoms with E-state index < -0.39 is 0 Å². The second kappa shape index (κ2) is 5.38. The van der Waals surface area contributed by atoms with Crippen molar-refractivity contribution in [3.63, 3.8) is 0 Å². The van der Waals surface area contributed by atoms with Crippen molar-refractivity contribution in [2.24, 2.45) is 0 Å². The Morgan fingerprint density at radius 1 is 1.53 bits per heavy atom. The fourth-order valence-electron chi connectivity index (χ4n) is 1.73. The standard InChI is InChI=1S/C12H15ClN2O2/c1-8-2-3-10(13)11(6-8)15-12(16)14-9-4-5-17-7-9/h2-3,6,9H,4-5,7H2,1H3,(H2,14,15,16). The number of nitrogens with one attached hydrogen (secondary N) is 2. The van der Waals surface area contributed by atoms with Crippen molar-refractivity contribution in [3.05, 3.63) is 28.8 Å². The number of carbonyl (C=O) groups is 1. The molecular formula is C12H15ClN2O2. The third-order valence-electron chi connectivity index (χ3n) is 2.63. The number of amides is 2. The number of aryl methyl sites for hydroxylation is 1. The Bertz CT molecular complexity index is 417. The van der Waals surface area contributed by atoms with Crippen LogP contribution in [0.1, 0.15) is 12.0 Å². The van der Waals surface area contributed by atoms with E-state index >= 15 is 0 Å². The van der Waals surface area contributed by atoms with Gasteiger partial charge in [-0.25, -0.2) is 4.79 Å². The highest BCUT2D eigenvalue weighted by atomic mass is 35.5. The summed E-state index contributed by atoms with van der Waals surface area (Å²) >= 11 is 5.99. The SMILES string of the molecule is Cc1ccc(Cl)c(NC(=O)NC2CCOC2)c1. The first-order valence-electron chi connectivity index (χ1n) is 5.56. The number of rotatable bonds is 2. The van der Waals surface area contributed by atoms with Gasteiger partial charge in [0.1, 0.15) is 0 Å². The Labute approximate surface area is 105 Å². The van der Waals surface area contributed by atoms with E-state index in [4.69, 9.17) is 16.3 Å². The molecule has 2 amide bonds. The van der Waals surface area contributed by atoms with Crippen molar-refractivity contribution in [2.75, 3.05) is 18.5 Å². The monoisotopic (exact) mass is 254 g/mol. The molecule has 2 rings (SSSR count). The van der Waals surface area contributed by atoms with Gasteiger partial charge in [0.15, 0.2) is 0 Å². The first-order valence-corrected chi connectivity index (χ1v) is 5.94. The molecule has 1 unspecified atom stereocenters. The lowest BCUT2D eigenvalue weighted by atomic mass is 10.2. The molecule has 1 aliphatic heterocycles. The minimum atomic E-state index is -0.243. The van der Waals surface area contributed by atoms with E-state index in [0.29, 0.717) is 23.9 Å². The Morgan fingerprint density at radius 2 is 2.35 bits per heavy atom. The first-order chi connectivity index (χ1) is 8.15. The highest BCUT2D eigenvalue weighted by Gasteiger charge is 2.17. The van der Waals surface area contributed by atoms with Crippen LogP contribution in [-0.2, 0) is 4.74 Å². The van der Waals surface area contributed by atoms with Gasteiger partial charge in [-0.05, 0) is 31.0 Å². The summed E-state index contributed by atoms with van der Waals surface area (Å²) in [6.07, 6.45) is 0.856. The predicted octanol–water partition coefficient (Wildman–Crippen LogP) is 2.56. The summed E-state index contributed by atoms with van der Waals surface area (Å²) in [5.74, 6) is 0. The molecule has 0 spiro atoms. The van der Waals surface area contributed by atoms with Crippen LogP contribution in [0.4, 0.5) is 10.5 Å². The maximum Gasteiger partial charge on any atom is 0.319 e. The number of urea groups is 1. The van der Waals surface area contributed by atoms with Gasteiger partial charge in [0.2, 0.25) is 0 Å². The zero-order chi connectivity index (χ0) is 12.3. The van der Waals surface area contributed by atoms with Crippen molar-refractivity contribution < 1.29 is 9.53 Å². The Balaban J connectivity index is 1.95. The molecule has 1 fully saturated rings. The average molecular weight is 255 g/mol. The quantitative estimate of drug-likeness (QED) is 0.852. The summed E-state index contributed by atoms with van der Waals surface area (Å²) in [6.45, 7) is 3.23. The van der Waals surface area contributed by atoms with Gasteiger partial charge in [-0.3, -0.25) is 0 Å². The number of ether oxygens (including phenoxy) is 1. The van der Waals surface area contributed by atoms with Crippen LogP contribution in [0, 0.1) is 6.92 Å². The van der Waals surface area contributed by atoms with Crippen molar-refractivity contribution in [1.82, 2.24) is 5.32 Å². The summed E-state index contributed by atoms with van der Waals surface area (Å²) < 4.78 is 5.18. The fourth-order valence-corrected chi connectivity index (χ4v) is 1.89. The fraction of sp³-hybridized carbons (Fsp3) is 0.417. The molecule has 92 valence electrons. The predicted molar refractivity (Wildman–Crippen MR) is 67.6 cm³/mol. The lowest BCUT2D eigenvalue weighted by Crippen LogP contribution is -2.38. The van der Waals surface area contributed by atoms with Crippen molar-refractivity contribution in [3.8, 4) is 0 Å². The average Bonchev–Trinajstić information content (AvgIpc) is 2.76. The number of benzene rings is 1. The summed E-state index contributed by atoms with van der Waals surface area (Å²) in [6, 6.07) is 5.36. The Kier molecular flexibility index (Phi) is 3.86. The van der Waals surface area contributed by atoms with Gasteiger partial charge in [-0.2, -0.15) is 0 Å². The largest absolute Gasteiger partial charge is 0.379 e. The molecule has 0 radical (unpaired) electrons. The van der Waals surface area contributed by atoms with E-state index in [1.165, 1.54) is 0 Å². The summed E-state index contributed by atoms with van der Waals surface area (Å²) in [7, 11) is 0. The molecule has 1 aromatic rings. The zero-order valence-electron chi connectivity index (χ0n) is 9.63. The number of halogens is 1. The van der Waals surface area contributed by atoms with Gasteiger partial charge in [-0.1, -0.05) is 17.7 Å². The number of carbonyl (C=O) groups excluding carboxylic acids is 1. The van der Waals surface area contributed by atoms with E-state index in [-0.39, 0.29) is 12.1 Å². The molecule has 1 saturated heterocycles. The minimum Gasteiger partial charge on any atom is -0.379 e. The van der Waals surface area contributed by atoms with Crippen LogP contribution in [0.5, 0.6) is 0 Å². The molecule has 0 bridgehead atoms. The molecule has 1 aromatic carbocycles. The number of anilines is 1. The molecule has 0 saturated carbocycles. The normalized spacial score (nSPS) is 19.1. The summed E-state index contributed by atoms with van der Waals surface area (Å²) in [4.78, 5) is 11.7. The second-order valence-corrected chi connectivity index (χ2v) is 4.55. The molecule has 2 N–H and O–H groups in total. The number of hydrogen-bond donors (Lipinski definition) is 2. The molecule has 17 heavy (non-hydrogen) atoms. The topological polar surface area (TPSA) is 50.4 Å². The van der Waals surface area contributed by atoms with Crippen LogP contribution in [0.15, 0.2) is 18.2 Å². The first kappa shape index (κ1) is 12.2. The third kappa shape index (κ3) is 3.35. The maximum absolute atomic E-state index is 11.7. The van der Waals surface area contributed by atoms with Gasteiger partial charge in [0.05, 0.1) is 23.4 Å². The van der Waals surface area contributed by atoms with Gasteiger partial charge >= 0.3 is 6.03 Å². The van der Waals surface area contributed by atoms with Crippen molar-refractivity contribution >= 4 is 23.3 Å². The smallest absolute Gasteiger partial charge is 0.319 e. The molecule has 5 heteroatoms. The van der Waals surface area contributed by atoms with Crippen LogP contribution in [0.2, 0.25) is 5.02 Å². The van der Waals surface area contributed by atoms with Crippen LogP contribution in [0.3, 0.4) is 0 Å². The highest BCUT2D eigenvalue weighted by Crippen LogP contribution is 2.22.